The number of aromatic nitrogens is 2. The minimum absolute atomic E-state index is 0.106. The first kappa shape index (κ1) is 13.9. The van der Waals surface area contributed by atoms with Gasteiger partial charge in [-0.15, -0.1) is 10.2 Å². The maximum Gasteiger partial charge on any atom is 0.275 e. The second kappa shape index (κ2) is 6.09. The number of rotatable bonds is 4. The highest BCUT2D eigenvalue weighted by molar-refractivity contribution is 6.05. The van der Waals surface area contributed by atoms with Gasteiger partial charge in [0.25, 0.3) is 5.91 Å². The van der Waals surface area contributed by atoms with Gasteiger partial charge in [0.05, 0.1) is 0 Å². The Morgan fingerprint density at radius 1 is 1.30 bits per heavy atom. The molecule has 2 heterocycles. The molecule has 0 aliphatic carbocycles. The largest absolute Gasteiger partial charge is 0.369 e. The van der Waals surface area contributed by atoms with Gasteiger partial charge in [-0.05, 0) is 18.6 Å². The number of imide groups is 1. The van der Waals surface area contributed by atoms with Crippen molar-refractivity contribution in [3.8, 4) is 0 Å². The molecule has 0 radical (unpaired) electrons. The van der Waals surface area contributed by atoms with E-state index in [4.69, 9.17) is 0 Å². The summed E-state index contributed by atoms with van der Waals surface area (Å²) in [5, 5.41) is 12.9. The van der Waals surface area contributed by atoms with Gasteiger partial charge in [0.2, 0.25) is 11.8 Å². The summed E-state index contributed by atoms with van der Waals surface area (Å²) in [6.07, 6.45) is 0.952. The number of piperazine rings is 1. The fraction of sp³-hybridized carbons (Fsp3) is 0.417. The number of nitrogens with zero attached hydrogens (tertiary/aromatic N) is 3. The van der Waals surface area contributed by atoms with Crippen LogP contribution in [0.5, 0.6) is 0 Å². The summed E-state index contributed by atoms with van der Waals surface area (Å²) in [6.45, 7) is 2.49. The van der Waals surface area contributed by atoms with Crippen LogP contribution in [0.4, 0.5) is 5.82 Å². The van der Waals surface area contributed by atoms with Crippen LogP contribution in [0.25, 0.3) is 0 Å². The Bertz CT molecular complexity index is 512. The number of amides is 3. The number of anilines is 1. The number of hydrogen-bond donors (Lipinski definition) is 2. The predicted octanol–water partition coefficient (Wildman–Crippen LogP) is -0.603. The number of hydrogen-bond acceptors (Lipinski definition) is 6. The fourth-order valence-electron chi connectivity index (χ4n) is 1.74. The van der Waals surface area contributed by atoms with Gasteiger partial charge >= 0.3 is 0 Å². The van der Waals surface area contributed by atoms with Crippen molar-refractivity contribution in [3.05, 3.63) is 17.8 Å². The number of carbonyl (C=O) groups is 3. The maximum atomic E-state index is 12.1. The van der Waals surface area contributed by atoms with Gasteiger partial charge in [-0.3, -0.25) is 19.7 Å². The molecule has 0 bridgehead atoms. The van der Waals surface area contributed by atoms with Crippen LogP contribution < -0.4 is 10.6 Å². The standard InChI is InChI=1S/C12H15N5O3/c1-2-5-13-9-4-3-8(15-16-9)12(20)17-6-10(18)14-11(19)7-17/h3-4H,2,5-7H2,1H3,(H,13,16)(H,14,18,19). The first-order valence-electron chi connectivity index (χ1n) is 6.29. The molecule has 1 saturated heterocycles. The number of nitrogens with one attached hydrogen (secondary N) is 2. The van der Waals surface area contributed by atoms with Crippen molar-refractivity contribution in [2.45, 2.75) is 13.3 Å². The van der Waals surface area contributed by atoms with Crippen molar-refractivity contribution in [3.63, 3.8) is 0 Å². The van der Waals surface area contributed by atoms with E-state index in [0.717, 1.165) is 17.9 Å². The smallest absolute Gasteiger partial charge is 0.275 e. The zero-order valence-electron chi connectivity index (χ0n) is 11.0. The summed E-state index contributed by atoms with van der Waals surface area (Å²) in [4.78, 5) is 35.7. The van der Waals surface area contributed by atoms with Gasteiger partial charge in [-0.25, -0.2) is 0 Å². The van der Waals surface area contributed by atoms with Crippen molar-refractivity contribution in [2.24, 2.45) is 0 Å². The molecule has 106 valence electrons. The Morgan fingerprint density at radius 2 is 2.00 bits per heavy atom. The SMILES string of the molecule is CCCNc1ccc(C(=O)N2CC(=O)NC(=O)C2)nn1. The summed E-state index contributed by atoms with van der Waals surface area (Å²) in [5.41, 5.74) is 0.106. The van der Waals surface area contributed by atoms with Crippen molar-refractivity contribution >= 4 is 23.5 Å². The van der Waals surface area contributed by atoms with E-state index in [1.807, 2.05) is 6.92 Å². The molecule has 8 nitrogen and oxygen atoms in total. The van der Waals surface area contributed by atoms with E-state index in [1.54, 1.807) is 6.07 Å². The zero-order chi connectivity index (χ0) is 14.5. The molecule has 0 saturated carbocycles. The van der Waals surface area contributed by atoms with Crippen LogP contribution in [0.2, 0.25) is 0 Å². The third-order valence-corrected chi connectivity index (χ3v) is 2.67. The first-order valence-corrected chi connectivity index (χ1v) is 6.29. The Kier molecular flexibility index (Phi) is 4.24. The average molecular weight is 277 g/mol. The molecule has 20 heavy (non-hydrogen) atoms. The monoisotopic (exact) mass is 277 g/mol. The van der Waals surface area contributed by atoms with Crippen molar-refractivity contribution in [1.82, 2.24) is 20.4 Å². The zero-order valence-corrected chi connectivity index (χ0v) is 11.0. The van der Waals surface area contributed by atoms with Gasteiger partial charge in [0, 0.05) is 6.54 Å². The minimum Gasteiger partial charge on any atom is -0.369 e. The van der Waals surface area contributed by atoms with Crippen LogP contribution in [0, 0.1) is 0 Å². The second-order valence-corrected chi connectivity index (χ2v) is 4.36. The van der Waals surface area contributed by atoms with E-state index >= 15 is 0 Å². The van der Waals surface area contributed by atoms with Crippen molar-refractivity contribution < 1.29 is 14.4 Å². The maximum absolute atomic E-state index is 12.1. The molecule has 1 fully saturated rings. The molecule has 1 aliphatic heterocycles. The molecule has 0 unspecified atom stereocenters. The van der Waals surface area contributed by atoms with E-state index in [2.05, 4.69) is 20.8 Å². The van der Waals surface area contributed by atoms with Gasteiger partial charge in [0.15, 0.2) is 5.69 Å². The van der Waals surface area contributed by atoms with E-state index < -0.39 is 17.7 Å². The Hall–Kier alpha value is -2.51. The molecule has 1 aromatic rings. The van der Waals surface area contributed by atoms with Crippen molar-refractivity contribution in [1.29, 1.82) is 0 Å². The van der Waals surface area contributed by atoms with Gasteiger partial charge in [-0.1, -0.05) is 6.92 Å². The quantitative estimate of drug-likeness (QED) is 0.712. The fourth-order valence-corrected chi connectivity index (χ4v) is 1.74. The molecule has 1 aromatic heterocycles. The highest BCUT2D eigenvalue weighted by Crippen LogP contribution is 2.06. The van der Waals surface area contributed by atoms with E-state index in [-0.39, 0.29) is 18.8 Å². The Morgan fingerprint density at radius 3 is 2.55 bits per heavy atom. The molecule has 3 amide bonds. The van der Waals surface area contributed by atoms with E-state index in [1.165, 1.54) is 6.07 Å². The Labute approximate surface area is 115 Å². The average Bonchev–Trinajstić information content (AvgIpc) is 2.44. The van der Waals surface area contributed by atoms with Gasteiger partial charge in [-0.2, -0.15) is 0 Å². The molecule has 1 aliphatic rings. The first-order chi connectivity index (χ1) is 9.60. The highest BCUT2D eigenvalue weighted by Gasteiger charge is 2.27. The summed E-state index contributed by atoms with van der Waals surface area (Å²) < 4.78 is 0. The molecule has 2 N–H and O–H groups in total. The summed E-state index contributed by atoms with van der Waals surface area (Å²) in [6, 6.07) is 3.16. The molecule has 2 rings (SSSR count). The van der Waals surface area contributed by atoms with Crippen LogP contribution >= 0.6 is 0 Å². The third kappa shape index (κ3) is 3.28. The molecule has 0 atom stereocenters. The van der Waals surface area contributed by atoms with Crippen LogP contribution in [0.1, 0.15) is 23.8 Å². The highest BCUT2D eigenvalue weighted by atomic mass is 16.2. The Balaban J connectivity index is 2.05. The molecular formula is C12H15N5O3. The van der Waals surface area contributed by atoms with Crippen LogP contribution in [-0.2, 0) is 9.59 Å². The van der Waals surface area contributed by atoms with Crippen LogP contribution in [0.3, 0.4) is 0 Å². The lowest BCUT2D eigenvalue weighted by molar-refractivity contribution is -0.135. The third-order valence-electron chi connectivity index (χ3n) is 2.67. The lowest BCUT2D eigenvalue weighted by atomic mass is 10.3. The predicted molar refractivity (Wildman–Crippen MR) is 69.9 cm³/mol. The summed E-state index contributed by atoms with van der Waals surface area (Å²) >= 11 is 0. The lowest BCUT2D eigenvalue weighted by Gasteiger charge is -2.24. The van der Waals surface area contributed by atoms with Crippen molar-refractivity contribution in [2.75, 3.05) is 25.0 Å². The van der Waals surface area contributed by atoms with Crippen LogP contribution in [0.15, 0.2) is 12.1 Å². The summed E-state index contributed by atoms with van der Waals surface area (Å²) in [5.74, 6) is -0.897. The van der Waals surface area contributed by atoms with Crippen LogP contribution in [-0.4, -0.2) is 52.5 Å². The minimum atomic E-state index is -0.496. The summed E-state index contributed by atoms with van der Waals surface area (Å²) in [7, 11) is 0. The number of carbonyl (C=O) groups excluding carboxylic acids is 3. The molecule has 0 aromatic carbocycles. The van der Waals surface area contributed by atoms with Gasteiger partial charge in [0.1, 0.15) is 18.9 Å². The molecular weight excluding hydrogens is 262 g/mol. The molecule has 0 spiro atoms. The molecule has 8 heteroatoms. The lowest BCUT2D eigenvalue weighted by Crippen LogP contribution is -2.53. The van der Waals surface area contributed by atoms with E-state index in [9.17, 15) is 14.4 Å². The topological polar surface area (TPSA) is 104 Å². The second-order valence-electron chi connectivity index (χ2n) is 4.36. The normalized spacial score (nSPS) is 14.9. The van der Waals surface area contributed by atoms with Gasteiger partial charge < -0.3 is 10.2 Å². The van der Waals surface area contributed by atoms with E-state index in [0.29, 0.717) is 5.82 Å².